The molecule has 2 N–H and O–H groups in total. The second kappa shape index (κ2) is 5.24. The summed E-state index contributed by atoms with van der Waals surface area (Å²) in [4.78, 5) is 24.4. The van der Waals surface area contributed by atoms with E-state index in [4.69, 9.17) is 9.84 Å². The van der Waals surface area contributed by atoms with Gasteiger partial charge in [-0.2, -0.15) is 0 Å². The maximum atomic E-state index is 12.2. The molecule has 2 fully saturated rings. The first kappa shape index (κ1) is 15.1. The van der Waals surface area contributed by atoms with Gasteiger partial charge in [-0.15, -0.1) is 0 Å². The van der Waals surface area contributed by atoms with Crippen LogP contribution >= 0.6 is 0 Å². The summed E-state index contributed by atoms with van der Waals surface area (Å²) in [5.41, 5.74) is -0.0594. The summed E-state index contributed by atoms with van der Waals surface area (Å²) in [7, 11) is 1.63. The third-order valence-corrected chi connectivity index (χ3v) is 4.70. The monoisotopic (exact) mass is 284 g/mol. The average molecular weight is 284 g/mol. The van der Waals surface area contributed by atoms with Crippen LogP contribution in [0.1, 0.15) is 27.2 Å². The van der Waals surface area contributed by atoms with E-state index < -0.39 is 11.9 Å². The minimum atomic E-state index is -0.891. The minimum Gasteiger partial charge on any atom is -0.481 e. The number of ether oxygens (including phenoxy) is 1. The van der Waals surface area contributed by atoms with Crippen LogP contribution in [0.2, 0.25) is 0 Å². The molecule has 2 aliphatic rings. The van der Waals surface area contributed by atoms with Crippen molar-refractivity contribution in [3.05, 3.63) is 0 Å². The van der Waals surface area contributed by atoms with Gasteiger partial charge in [-0.05, 0) is 6.42 Å². The Hall–Kier alpha value is -1.30. The largest absolute Gasteiger partial charge is 0.481 e. The zero-order valence-corrected chi connectivity index (χ0v) is 12.5. The van der Waals surface area contributed by atoms with E-state index >= 15 is 0 Å². The van der Waals surface area contributed by atoms with Gasteiger partial charge in [0.1, 0.15) is 0 Å². The molecule has 1 aliphatic carbocycles. The van der Waals surface area contributed by atoms with Crippen molar-refractivity contribution in [2.45, 2.75) is 39.3 Å². The Morgan fingerprint density at radius 2 is 2.15 bits per heavy atom. The molecular weight excluding hydrogens is 260 g/mol. The lowest BCUT2D eigenvalue weighted by molar-refractivity contribution is -0.141. The number of urea groups is 1. The molecule has 20 heavy (non-hydrogen) atoms. The summed E-state index contributed by atoms with van der Waals surface area (Å²) in [6.45, 7) is 6.77. The summed E-state index contributed by atoms with van der Waals surface area (Å²) in [6, 6.07) is -0.105. The molecule has 6 heteroatoms. The van der Waals surface area contributed by atoms with Crippen LogP contribution in [0.5, 0.6) is 0 Å². The first-order valence-corrected chi connectivity index (χ1v) is 7.11. The second-order valence-electron chi connectivity index (χ2n) is 6.61. The van der Waals surface area contributed by atoms with E-state index in [-0.39, 0.29) is 30.1 Å². The van der Waals surface area contributed by atoms with Gasteiger partial charge in [0.2, 0.25) is 0 Å². The smallest absolute Gasteiger partial charge is 0.317 e. The van der Waals surface area contributed by atoms with E-state index in [9.17, 15) is 9.59 Å². The van der Waals surface area contributed by atoms with Crippen molar-refractivity contribution >= 4 is 12.0 Å². The molecule has 0 aromatic carbocycles. The van der Waals surface area contributed by atoms with E-state index in [0.717, 1.165) is 13.0 Å². The van der Waals surface area contributed by atoms with Crippen LogP contribution in [-0.2, 0) is 9.53 Å². The highest BCUT2D eigenvalue weighted by Gasteiger charge is 2.59. The normalized spacial score (nSPS) is 31.9. The van der Waals surface area contributed by atoms with Crippen LogP contribution in [0.4, 0.5) is 4.79 Å². The molecule has 0 aromatic rings. The molecule has 0 spiro atoms. The molecule has 1 aliphatic heterocycles. The molecule has 0 aromatic heterocycles. The van der Waals surface area contributed by atoms with Crippen molar-refractivity contribution in [2.24, 2.45) is 17.3 Å². The fourth-order valence-electron chi connectivity index (χ4n) is 3.43. The SMILES string of the molecule is CC(CN(C)C(=O)NC1C2CCOC2C1(C)C)C(=O)O. The molecule has 1 heterocycles. The Kier molecular flexibility index (Phi) is 3.95. The van der Waals surface area contributed by atoms with E-state index in [1.165, 1.54) is 4.90 Å². The number of hydrogen-bond acceptors (Lipinski definition) is 3. The van der Waals surface area contributed by atoms with Crippen molar-refractivity contribution in [2.75, 3.05) is 20.2 Å². The van der Waals surface area contributed by atoms with Crippen LogP contribution in [0.15, 0.2) is 0 Å². The van der Waals surface area contributed by atoms with Crippen LogP contribution in [0.3, 0.4) is 0 Å². The number of carbonyl (C=O) groups excluding carboxylic acids is 1. The molecular formula is C14H24N2O4. The summed E-state index contributed by atoms with van der Waals surface area (Å²) >= 11 is 0. The van der Waals surface area contributed by atoms with Gasteiger partial charge in [-0.1, -0.05) is 20.8 Å². The molecule has 1 saturated heterocycles. The Morgan fingerprint density at radius 1 is 1.50 bits per heavy atom. The maximum absolute atomic E-state index is 12.2. The molecule has 2 rings (SSSR count). The topological polar surface area (TPSA) is 78.9 Å². The molecule has 4 unspecified atom stereocenters. The van der Waals surface area contributed by atoms with E-state index in [1.54, 1.807) is 14.0 Å². The Morgan fingerprint density at radius 3 is 2.75 bits per heavy atom. The number of carboxylic acid groups (broad SMARTS) is 1. The summed E-state index contributed by atoms with van der Waals surface area (Å²) < 4.78 is 5.69. The third-order valence-electron chi connectivity index (χ3n) is 4.70. The Labute approximate surface area is 119 Å². The second-order valence-corrected chi connectivity index (χ2v) is 6.61. The van der Waals surface area contributed by atoms with Gasteiger partial charge in [0.15, 0.2) is 0 Å². The van der Waals surface area contributed by atoms with Crippen molar-refractivity contribution in [3.63, 3.8) is 0 Å². The number of aliphatic carboxylic acids is 1. The first-order valence-electron chi connectivity index (χ1n) is 7.11. The molecule has 2 amide bonds. The van der Waals surface area contributed by atoms with Crippen LogP contribution in [-0.4, -0.2) is 54.4 Å². The fraction of sp³-hybridized carbons (Fsp3) is 0.857. The number of rotatable bonds is 4. The number of hydrogen-bond donors (Lipinski definition) is 2. The van der Waals surface area contributed by atoms with Crippen molar-refractivity contribution in [3.8, 4) is 0 Å². The quantitative estimate of drug-likeness (QED) is 0.812. The fourth-order valence-corrected chi connectivity index (χ4v) is 3.43. The zero-order chi connectivity index (χ0) is 15.1. The number of carboxylic acids is 1. The minimum absolute atomic E-state index is 0.0594. The number of nitrogens with one attached hydrogen (secondary N) is 1. The highest BCUT2D eigenvalue weighted by molar-refractivity contribution is 5.76. The van der Waals surface area contributed by atoms with E-state index in [0.29, 0.717) is 5.92 Å². The summed E-state index contributed by atoms with van der Waals surface area (Å²) in [5, 5.41) is 11.9. The standard InChI is InChI=1S/C14H24N2O4/c1-8(12(17)18)7-16(4)13(19)15-10-9-5-6-20-11(9)14(10,2)3/h8-11H,5-7H2,1-4H3,(H,15,19)(H,17,18). The van der Waals surface area contributed by atoms with Gasteiger partial charge in [0.05, 0.1) is 12.0 Å². The molecule has 0 bridgehead atoms. The maximum Gasteiger partial charge on any atom is 0.317 e. The van der Waals surface area contributed by atoms with E-state index in [1.807, 2.05) is 0 Å². The van der Waals surface area contributed by atoms with Gasteiger partial charge in [-0.3, -0.25) is 4.79 Å². The van der Waals surface area contributed by atoms with Gasteiger partial charge < -0.3 is 20.1 Å². The predicted octanol–water partition coefficient (Wildman–Crippen LogP) is 1.16. The third kappa shape index (κ3) is 2.49. The van der Waals surface area contributed by atoms with E-state index in [2.05, 4.69) is 19.2 Å². The number of fused-ring (bicyclic) bond motifs is 1. The Bertz CT molecular complexity index is 410. The van der Waals surface area contributed by atoms with Crippen LogP contribution < -0.4 is 5.32 Å². The lowest BCUT2D eigenvalue weighted by Gasteiger charge is -2.54. The number of nitrogens with zero attached hydrogens (tertiary/aromatic N) is 1. The van der Waals surface area contributed by atoms with Gasteiger partial charge in [0.25, 0.3) is 0 Å². The predicted molar refractivity (Wildman–Crippen MR) is 73.4 cm³/mol. The molecule has 1 saturated carbocycles. The number of carbonyl (C=O) groups is 2. The highest BCUT2D eigenvalue weighted by Crippen LogP contribution is 2.52. The van der Waals surface area contributed by atoms with Crippen molar-refractivity contribution < 1.29 is 19.4 Å². The Balaban J connectivity index is 1.90. The first-order chi connectivity index (χ1) is 9.25. The van der Waals surface area contributed by atoms with Crippen LogP contribution in [0.25, 0.3) is 0 Å². The molecule has 0 radical (unpaired) electrons. The molecule has 4 atom stereocenters. The molecule has 114 valence electrons. The van der Waals surface area contributed by atoms with Gasteiger partial charge in [0, 0.05) is 37.6 Å². The number of amides is 2. The van der Waals surface area contributed by atoms with Crippen molar-refractivity contribution in [1.29, 1.82) is 0 Å². The zero-order valence-electron chi connectivity index (χ0n) is 12.5. The summed E-state index contributed by atoms with van der Waals surface area (Å²) in [5.74, 6) is -1.07. The summed E-state index contributed by atoms with van der Waals surface area (Å²) in [6.07, 6.45) is 1.21. The lowest BCUT2D eigenvalue weighted by atomic mass is 9.57. The van der Waals surface area contributed by atoms with Gasteiger partial charge in [-0.25, -0.2) is 4.79 Å². The van der Waals surface area contributed by atoms with Crippen molar-refractivity contribution in [1.82, 2.24) is 10.2 Å². The van der Waals surface area contributed by atoms with Gasteiger partial charge >= 0.3 is 12.0 Å². The highest BCUT2D eigenvalue weighted by atomic mass is 16.5. The lowest BCUT2D eigenvalue weighted by Crippen LogP contribution is -2.67. The average Bonchev–Trinajstić information content (AvgIpc) is 2.81. The molecule has 6 nitrogen and oxygen atoms in total. The van der Waals surface area contributed by atoms with Crippen LogP contribution in [0, 0.1) is 17.3 Å².